The van der Waals surface area contributed by atoms with Gasteiger partial charge in [0, 0.05) is 18.6 Å². The Hall–Kier alpha value is -2.17. The molecule has 2 rings (SSSR count). The van der Waals surface area contributed by atoms with Gasteiger partial charge in [-0.25, -0.2) is 19.9 Å². The van der Waals surface area contributed by atoms with E-state index in [4.69, 9.17) is 0 Å². The molecule has 0 bridgehead atoms. The van der Waals surface area contributed by atoms with E-state index in [0.29, 0.717) is 11.3 Å². The number of hydrogen-bond donors (Lipinski definition) is 0. The van der Waals surface area contributed by atoms with E-state index in [1.165, 1.54) is 31.2 Å². The Bertz CT molecular complexity index is 388. The van der Waals surface area contributed by atoms with Crippen LogP contribution in [0.4, 0.5) is 0 Å². The van der Waals surface area contributed by atoms with Crippen molar-refractivity contribution in [2.24, 2.45) is 0 Å². The summed E-state index contributed by atoms with van der Waals surface area (Å²) in [4.78, 5) is 26.8. The molecule has 0 unspecified atom stereocenters. The maximum atomic E-state index is 11.7. The van der Waals surface area contributed by atoms with Crippen LogP contribution >= 0.6 is 0 Å². The molecule has 0 saturated heterocycles. The van der Waals surface area contributed by atoms with Crippen molar-refractivity contribution in [2.75, 3.05) is 0 Å². The van der Waals surface area contributed by atoms with E-state index in [-0.39, 0.29) is 5.78 Å². The van der Waals surface area contributed by atoms with E-state index >= 15 is 0 Å². The second-order valence-electron chi connectivity index (χ2n) is 2.55. The first-order chi connectivity index (χ1) is 6.88. The highest BCUT2D eigenvalue weighted by Gasteiger charge is 2.09. The molecule has 0 spiro atoms. The lowest BCUT2D eigenvalue weighted by Crippen LogP contribution is -2.04. The SMILES string of the molecule is O=C(c1cncnc1)c1ccncn1. The topological polar surface area (TPSA) is 68.6 Å². The van der Waals surface area contributed by atoms with Crippen molar-refractivity contribution in [2.45, 2.75) is 0 Å². The number of carbonyl (C=O) groups excluding carboxylic acids is 1. The molecule has 68 valence electrons. The van der Waals surface area contributed by atoms with Gasteiger partial charge in [0.25, 0.3) is 0 Å². The summed E-state index contributed by atoms with van der Waals surface area (Å²) in [5, 5.41) is 0. The highest BCUT2D eigenvalue weighted by molar-refractivity contribution is 6.07. The molecule has 0 aliphatic heterocycles. The maximum absolute atomic E-state index is 11.7. The summed E-state index contributed by atoms with van der Waals surface area (Å²) in [5.74, 6) is -0.201. The Balaban J connectivity index is 2.35. The van der Waals surface area contributed by atoms with E-state index in [1.807, 2.05) is 0 Å². The Morgan fingerprint density at radius 3 is 2.50 bits per heavy atom. The molecule has 0 radical (unpaired) electrons. The number of hydrogen-bond acceptors (Lipinski definition) is 5. The lowest BCUT2D eigenvalue weighted by molar-refractivity contribution is 0.103. The molecule has 2 heterocycles. The smallest absolute Gasteiger partial charge is 0.214 e. The molecule has 0 aliphatic carbocycles. The van der Waals surface area contributed by atoms with Gasteiger partial charge in [-0.2, -0.15) is 0 Å². The molecule has 0 aliphatic rings. The third-order valence-corrected chi connectivity index (χ3v) is 1.64. The summed E-state index contributed by atoms with van der Waals surface area (Å²) in [7, 11) is 0. The zero-order chi connectivity index (χ0) is 9.80. The van der Waals surface area contributed by atoms with Gasteiger partial charge in [-0.15, -0.1) is 0 Å². The van der Waals surface area contributed by atoms with Crippen molar-refractivity contribution >= 4 is 5.78 Å². The summed E-state index contributed by atoms with van der Waals surface area (Å²) in [6, 6.07) is 1.55. The van der Waals surface area contributed by atoms with E-state index in [1.54, 1.807) is 6.07 Å². The van der Waals surface area contributed by atoms with Gasteiger partial charge in [0.2, 0.25) is 5.78 Å². The van der Waals surface area contributed by atoms with Crippen LogP contribution in [-0.2, 0) is 0 Å². The fraction of sp³-hybridized carbons (Fsp3) is 0. The molecule has 0 fully saturated rings. The van der Waals surface area contributed by atoms with Gasteiger partial charge < -0.3 is 0 Å². The molecule has 0 aromatic carbocycles. The average molecular weight is 186 g/mol. The largest absolute Gasteiger partial charge is 0.287 e. The van der Waals surface area contributed by atoms with Crippen LogP contribution in [0.15, 0.2) is 37.3 Å². The molecule has 2 aromatic heterocycles. The van der Waals surface area contributed by atoms with Crippen LogP contribution in [0.2, 0.25) is 0 Å². The minimum atomic E-state index is -0.201. The molecule has 14 heavy (non-hydrogen) atoms. The maximum Gasteiger partial charge on any atom is 0.214 e. The third-order valence-electron chi connectivity index (χ3n) is 1.64. The molecule has 5 heteroatoms. The van der Waals surface area contributed by atoms with Crippen LogP contribution in [0.25, 0.3) is 0 Å². The van der Waals surface area contributed by atoms with Crippen LogP contribution in [0.5, 0.6) is 0 Å². The van der Waals surface area contributed by atoms with Gasteiger partial charge in [0.05, 0.1) is 5.56 Å². The number of ketones is 1. The van der Waals surface area contributed by atoms with E-state index in [9.17, 15) is 4.79 Å². The van der Waals surface area contributed by atoms with Crippen molar-refractivity contribution < 1.29 is 4.79 Å². The molecule has 0 N–H and O–H groups in total. The first-order valence-corrected chi connectivity index (χ1v) is 3.93. The van der Waals surface area contributed by atoms with Gasteiger partial charge in [-0.3, -0.25) is 4.79 Å². The minimum absolute atomic E-state index is 0.201. The Kier molecular flexibility index (Phi) is 2.22. The van der Waals surface area contributed by atoms with Gasteiger partial charge in [0.15, 0.2) is 0 Å². The van der Waals surface area contributed by atoms with Crippen LogP contribution < -0.4 is 0 Å². The zero-order valence-corrected chi connectivity index (χ0v) is 7.16. The fourth-order valence-electron chi connectivity index (χ4n) is 0.989. The first-order valence-electron chi connectivity index (χ1n) is 3.93. The number of carbonyl (C=O) groups is 1. The Morgan fingerprint density at radius 1 is 1.07 bits per heavy atom. The first kappa shape index (κ1) is 8.43. The number of aromatic nitrogens is 4. The molecule has 0 atom stereocenters. The van der Waals surface area contributed by atoms with Crippen molar-refractivity contribution in [3.8, 4) is 0 Å². The van der Waals surface area contributed by atoms with E-state index in [2.05, 4.69) is 19.9 Å². The van der Waals surface area contributed by atoms with Crippen LogP contribution in [0.3, 0.4) is 0 Å². The summed E-state index contributed by atoms with van der Waals surface area (Å²) in [5.41, 5.74) is 0.765. The summed E-state index contributed by atoms with van der Waals surface area (Å²) in [6.07, 6.45) is 7.13. The lowest BCUT2D eigenvalue weighted by Gasteiger charge is -1.96. The van der Waals surface area contributed by atoms with Gasteiger partial charge >= 0.3 is 0 Å². The number of rotatable bonds is 2. The fourth-order valence-corrected chi connectivity index (χ4v) is 0.989. The van der Waals surface area contributed by atoms with Crippen molar-refractivity contribution in [3.63, 3.8) is 0 Å². The molecular formula is C9H6N4O. The van der Waals surface area contributed by atoms with Gasteiger partial charge in [0.1, 0.15) is 18.3 Å². The zero-order valence-electron chi connectivity index (χ0n) is 7.16. The van der Waals surface area contributed by atoms with Crippen molar-refractivity contribution in [3.05, 3.63) is 48.6 Å². The summed E-state index contributed by atoms with van der Waals surface area (Å²) >= 11 is 0. The molecule has 2 aromatic rings. The van der Waals surface area contributed by atoms with Gasteiger partial charge in [-0.1, -0.05) is 0 Å². The van der Waals surface area contributed by atoms with Crippen LogP contribution in [-0.4, -0.2) is 25.7 Å². The van der Waals surface area contributed by atoms with Gasteiger partial charge in [-0.05, 0) is 6.07 Å². The highest BCUT2D eigenvalue weighted by atomic mass is 16.1. The molecule has 0 amide bonds. The lowest BCUT2D eigenvalue weighted by atomic mass is 10.1. The standard InChI is InChI=1S/C9H6N4O/c14-9(7-3-11-5-12-4-7)8-1-2-10-6-13-8/h1-6H. The quantitative estimate of drug-likeness (QED) is 0.638. The van der Waals surface area contributed by atoms with Crippen LogP contribution in [0.1, 0.15) is 16.1 Å². The molecular weight excluding hydrogens is 180 g/mol. The Labute approximate surface area is 79.9 Å². The number of nitrogens with zero attached hydrogens (tertiary/aromatic N) is 4. The van der Waals surface area contributed by atoms with E-state index in [0.717, 1.165) is 0 Å². The normalized spacial score (nSPS) is 9.71. The third kappa shape index (κ3) is 1.61. The van der Waals surface area contributed by atoms with Crippen molar-refractivity contribution in [1.29, 1.82) is 0 Å². The molecule has 0 saturated carbocycles. The van der Waals surface area contributed by atoms with Crippen LogP contribution in [0, 0.1) is 0 Å². The highest BCUT2D eigenvalue weighted by Crippen LogP contribution is 2.02. The summed E-state index contributed by atoms with van der Waals surface area (Å²) in [6.45, 7) is 0. The second-order valence-corrected chi connectivity index (χ2v) is 2.55. The molecule has 5 nitrogen and oxygen atoms in total. The Morgan fingerprint density at radius 2 is 1.86 bits per heavy atom. The minimum Gasteiger partial charge on any atom is -0.287 e. The monoisotopic (exact) mass is 186 g/mol. The van der Waals surface area contributed by atoms with Crippen molar-refractivity contribution in [1.82, 2.24) is 19.9 Å². The predicted octanol–water partition coefficient (Wildman–Crippen LogP) is 0.498. The predicted molar refractivity (Wildman–Crippen MR) is 47.5 cm³/mol. The van der Waals surface area contributed by atoms with E-state index < -0.39 is 0 Å². The second kappa shape index (κ2) is 3.69. The average Bonchev–Trinajstić information content (AvgIpc) is 2.30. The summed E-state index contributed by atoms with van der Waals surface area (Å²) < 4.78 is 0.